The van der Waals surface area contributed by atoms with E-state index in [-0.39, 0.29) is 80.0 Å². The van der Waals surface area contributed by atoms with Crippen LogP contribution in [0.3, 0.4) is 0 Å². The maximum absolute atomic E-state index is 12.0. The summed E-state index contributed by atoms with van der Waals surface area (Å²) in [5, 5.41) is -2.22. The zero-order valence-electron chi connectivity index (χ0n) is 19.6. The third kappa shape index (κ3) is 14.1. The van der Waals surface area contributed by atoms with Gasteiger partial charge in [0.1, 0.15) is 21.7 Å². The molecule has 0 radical (unpaired) electrons. The summed E-state index contributed by atoms with van der Waals surface area (Å²) in [5.74, 6) is -2.48. The molecule has 0 saturated carbocycles. The van der Waals surface area contributed by atoms with Gasteiger partial charge in [-0.3, -0.25) is 19.2 Å². The number of ether oxygens (including phenoxy) is 2. The van der Waals surface area contributed by atoms with Crippen molar-refractivity contribution in [3.05, 3.63) is 0 Å². The number of Topliss-reactive ketones (excluding diaryl/α,β-unsaturated/α-hetero) is 2. The molecule has 0 aromatic rings. The van der Waals surface area contributed by atoms with Gasteiger partial charge in [0.25, 0.3) is 0 Å². The van der Waals surface area contributed by atoms with Gasteiger partial charge in [-0.05, 0) is 12.8 Å². The summed E-state index contributed by atoms with van der Waals surface area (Å²) >= 11 is 0. The Kier molecular flexibility index (Phi) is 14.3. The van der Waals surface area contributed by atoms with Crippen molar-refractivity contribution in [1.82, 2.24) is 0 Å². The molecule has 0 aliphatic carbocycles. The van der Waals surface area contributed by atoms with Crippen LogP contribution in [0.5, 0.6) is 0 Å². The third-order valence-electron chi connectivity index (χ3n) is 4.24. The van der Waals surface area contributed by atoms with Crippen LogP contribution >= 0.6 is 0 Å². The van der Waals surface area contributed by atoms with Crippen LogP contribution in [0.25, 0.3) is 0 Å². The Morgan fingerprint density at radius 2 is 1.19 bits per heavy atom. The average Bonchev–Trinajstić information content (AvgIpc) is 2.56. The molecule has 0 saturated heterocycles. The van der Waals surface area contributed by atoms with E-state index in [2.05, 4.69) is 0 Å². The van der Waals surface area contributed by atoms with Gasteiger partial charge in [0.15, 0.2) is 5.25 Å². The standard InChI is InChI=1S/C20H34O9S.Na/c1-19(2,3)15(21)9-7-11-28-17(23)13-14(30(25,26)27)18(24)29-12-8-10-16(22)20(4,5)6;/h14H,7-13H2,1-6H3,(H,25,26,27);/q;+1/p-1. The molecule has 31 heavy (non-hydrogen) atoms. The fourth-order valence-corrected chi connectivity index (χ4v) is 2.82. The molecule has 0 rings (SSSR count). The van der Waals surface area contributed by atoms with Gasteiger partial charge >= 0.3 is 41.5 Å². The van der Waals surface area contributed by atoms with Crippen molar-refractivity contribution in [1.29, 1.82) is 0 Å². The normalized spacial score (nSPS) is 13.0. The predicted octanol–water partition coefficient (Wildman–Crippen LogP) is -0.828. The summed E-state index contributed by atoms with van der Waals surface area (Å²) in [6.07, 6.45) is -0.266. The number of rotatable bonds is 12. The van der Waals surface area contributed by atoms with E-state index in [0.29, 0.717) is 0 Å². The van der Waals surface area contributed by atoms with Crippen LogP contribution < -0.4 is 29.6 Å². The van der Waals surface area contributed by atoms with E-state index in [1.165, 1.54) is 0 Å². The molecule has 11 heteroatoms. The molecule has 0 aromatic carbocycles. The van der Waals surface area contributed by atoms with Gasteiger partial charge in [0.05, 0.1) is 19.6 Å². The minimum atomic E-state index is -5.15. The topological polar surface area (TPSA) is 144 Å². The molecule has 9 nitrogen and oxygen atoms in total. The monoisotopic (exact) mass is 472 g/mol. The molecule has 0 aromatic heterocycles. The van der Waals surface area contributed by atoms with Crippen LogP contribution in [0.2, 0.25) is 0 Å². The molecular weight excluding hydrogens is 439 g/mol. The van der Waals surface area contributed by atoms with E-state index < -0.39 is 44.6 Å². The molecular formula is C20H33NaO9S. The summed E-state index contributed by atoms with van der Waals surface area (Å²) < 4.78 is 43.6. The minimum Gasteiger partial charge on any atom is -0.747 e. The molecule has 0 fully saturated rings. The first-order valence-corrected chi connectivity index (χ1v) is 11.3. The fourth-order valence-electron chi connectivity index (χ4n) is 2.18. The van der Waals surface area contributed by atoms with Gasteiger partial charge in [0.2, 0.25) is 0 Å². The number of hydrogen-bond acceptors (Lipinski definition) is 9. The second kappa shape index (κ2) is 13.7. The Labute approximate surface area is 207 Å². The molecule has 174 valence electrons. The number of esters is 2. The Morgan fingerprint density at radius 3 is 1.55 bits per heavy atom. The first-order chi connectivity index (χ1) is 13.5. The smallest absolute Gasteiger partial charge is 0.747 e. The maximum Gasteiger partial charge on any atom is 1.00 e. The first-order valence-electron chi connectivity index (χ1n) is 9.80. The van der Waals surface area contributed by atoms with Crippen LogP contribution in [-0.2, 0) is 38.8 Å². The Morgan fingerprint density at radius 1 is 0.806 bits per heavy atom. The van der Waals surface area contributed by atoms with Crippen molar-refractivity contribution in [3.8, 4) is 0 Å². The Bertz CT molecular complexity index is 731. The largest absolute Gasteiger partial charge is 1.00 e. The van der Waals surface area contributed by atoms with Crippen molar-refractivity contribution in [3.63, 3.8) is 0 Å². The van der Waals surface area contributed by atoms with Crippen LogP contribution in [0, 0.1) is 10.8 Å². The molecule has 0 aliphatic rings. The molecule has 0 N–H and O–H groups in total. The number of carbonyl (C=O) groups is 4. The molecule has 0 amide bonds. The molecule has 1 unspecified atom stereocenters. The summed E-state index contributed by atoms with van der Waals surface area (Å²) in [6.45, 7) is 10.1. The van der Waals surface area contributed by atoms with Gasteiger partial charge < -0.3 is 14.0 Å². The van der Waals surface area contributed by atoms with E-state index >= 15 is 0 Å². The quantitative estimate of drug-likeness (QED) is 0.154. The fraction of sp³-hybridized carbons (Fsp3) is 0.800. The maximum atomic E-state index is 12.0. The third-order valence-corrected chi connectivity index (χ3v) is 5.30. The Hall–Kier alpha value is -0.810. The SMILES string of the molecule is CC(C)(C)C(=O)CCCOC(=O)CC(C(=O)OCCCC(=O)C(C)(C)C)S(=O)(=O)[O-].[Na+]. The van der Waals surface area contributed by atoms with E-state index in [1.807, 2.05) is 0 Å². The average molecular weight is 473 g/mol. The number of carbonyl (C=O) groups excluding carboxylic acids is 4. The molecule has 0 bridgehead atoms. The zero-order chi connectivity index (χ0) is 23.8. The van der Waals surface area contributed by atoms with Crippen molar-refractivity contribution < 1.29 is 71.2 Å². The van der Waals surface area contributed by atoms with Gasteiger partial charge in [-0.2, -0.15) is 0 Å². The minimum absolute atomic E-state index is 0. The second-order valence-corrected chi connectivity index (χ2v) is 10.7. The molecule has 0 heterocycles. The van der Waals surface area contributed by atoms with Crippen LogP contribution in [0.4, 0.5) is 0 Å². The summed E-state index contributed by atoms with van der Waals surface area (Å²) in [4.78, 5) is 47.4. The van der Waals surface area contributed by atoms with Crippen molar-refractivity contribution >= 4 is 33.6 Å². The van der Waals surface area contributed by atoms with Crippen molar-refractivity contribution in [2.75, 3.05) is 13.2 Å². The molecule has 1 atom stereocenters. The molecule has 0 aliphatic heterocycles. The van der Waals surface area contributed by atoms with Crippen molar-refractivity contribution in [2.45, 2.75) is 78.9 Å². The van der Waals surface area contributed by atoms with E-state index in [0.717, 1.165) is 0 Å². The Balaban J connectivity index is 0. The van der Waals surface area contributed by atoms with E-state index in [9.17, 15) is 32.1 Å². The van der Waals surface area contributed by atoms with Gasteiger partial charge in [-0.1, -0.05) is 41.5 Å². The summed E-state index contributed by atoms with van der Waals surface area (Å²) in [6, 6.07) is 0. The van der Waals surface area contributed by atoms with Crippen molar-refractivity contribution in [2.24, 2.45) is 10.8 Å². The van der Waals surface area contributed by atoms with E-state index in [4.69, 9.17) is 9.47 Å². The van der Waals surface area contributed by atoms with Crippen LogP contribution in [-0.4, -0.2) is 54.9 Å². The van der Waals surface area contributed by atoms with E-state index in [1.54, 1.807) is 41.5 Å². The summed E-state index contributed by atoms with van der Waals surface area (Å²) in [5.41, 5.74) is -1.07. The van der Waals surface area contributed by atoms with Gasteiger partial charge in [0, 0.05) is 23.7 Å². The summed E-state index contributed by atoms with van der Waals surface area (Å²) in [7, 11) is -5.15. The van der Waals surface area contributed by atoms with Crippen LogP contribution in [0.15, 0.2) is 0 Å². The number of hydrogen-bond donors (Lipinski definition) is 0. The predicted molar refractivity (Wildman–Crippen MR) is 107 cm³/mol. The second-order valence-electron chi connectivity index (χ2n) is 9.13. The van der Waals surface area contributed by atoms with Crippen LogP contribution in [0.1, 0.15) is 73.6 Å². The van der Waals surface area contributed by atoms with Gasteiger partial charge in [-0.15, -0.1) is 0 Å². The number of ketones is 2. The van der Waals surface area contributed by atoms with Gasteiger partial charge in [-0.25, -0.2) is 8.42 Å². The zero-order valence-corrected chi connectivity index (χ0v) is 22.4. The first kappa shape index (κ1) is 32.4. The molecule has 0 spiro atoms.